The molecule has 2 heterocycles. The molecule has 3 aromatic rings. The van der Waals surface area contributed by atoms with E-state index in [0.29, 0.717) is 0 Å². The number of rotatable bonds is 3. The molecule has 19 heavy (non-hydrogen) atoms. The zero-order valence-electron chi connectivity index (χ0n) is 10.5. The van der Waals surface area contributed by atoms with Crippen LogP contribution in [0.5, 0.6) is 5.75 Å². The summed E-state index contributed by atoms with van der Waals surface area (Å²) in [7, 11) is 1.67. The van der Waals surface area contributed by atoms with Crippen molar-refractivity contribution < 1.29 is 4.74 Å². The van der Waals surface area contributed by atoms with Crippen molar-refractivity contribution in [3.63, 3.8) is 0 Å². The Morgan fingerprint density at radius 3 is 3.00 bits per heavy atom. The molecule has 0 radical (unpaired) electrons. The fourth-order valence-corrected chi connectivity index (χ4v) is 3.05. The van der Waals surface area contributed by atoms with Crippen molar-refractivity contribution in [2.75, 3.05) is 7.11 Å². The highest BCUT2D eigenvalue weighted by atomic mass is 32.1. The van der Waals surface area contributed by atoms with Crippen molar-refractivity contribution in [3.05, 3.63) is 58.5 Å². The van der Waals surface area contributed by atoms with Crippen molar-refractivity contribution in [3.8, 4) is 5.75 Å². The number of benzene rings is 1. The van der Waals surface area contributed by atoms with Gasteiger partial charge in [-0.15, -0.1) is 11.3 Å². The molecule has 3 rings (SSSR count). The zero-order chi connectivity index (χ0) is 13.2. The van der Waals surface area contributed by atoms with Crippen LogP contribution in [0.4, 0.5) is 0 Å². The number of methoxy groups -OCH3 is 1. The molecule has 3 nitrogen and oxygen atoms in total. The maximum atomic E-state index is 6.38. The number of nitrogens with zero attached hydrogens (tertiary/aromatic N) is 1. The van der Waals surface area contributed by atoms with Crippen molar-refractivity contribution in [1.29, 1.82) is 0 Å². The summed E-state index contributed by atoms with van der Waals surface area (Å²) < 4.78 is 5.21. The average Bonchev–Trinajstić information content (AvgIpc) is 2.95. The highest BCUT2D eigenvalue weighted by molar-refractivity contribution is 7.10. The van der Waals surface area contributed by atoms with Crippen LogP contribution in [0.25, 0.3) is 10.8 Å². The van der Waals surface area contributed by atoms with Gasteiger partial charge >= 0.3 is 0 Å². The Balaban J connectivity index is 2.08. The SMILES string of the molecule is COc1csc(C(N)c2cccc3cnccc23)c1. The molecule has 0 fully saturated rings. The van der Waals surface area contributed by atoms with E-state index in [9.17, 15) is 0 Å². The number of pyridine rings is 1. The van der Waals surface area contributed by atoms with Gasteiger partial charge in [0.2, 0.25) is 0 Å². The minimum atomic E-state index is -0.139. The van der Waals surface area contributed by atoms with Gasteiger partial charge in [-0.25, -0.2) is 0 Å². The molecule has 0 amide bonds. The summed E-state index contributed by atoms with van der Waals surface area (Å²) in [4.78, 5) is 5.24. The molecule has 96 valence electrons. The van der Waals surface area contributed by atoms with Crippen LogP contribution in [0.1, 0.15) is 16.5 Å². The van der Waals surface area contributed by atoms with E-state index in [2.05, 4.69) is 11.1 Å². The first kappa shape index (κ1) is 12.1. The van der Waals surface area contributed by atoms with Crippen molar-refractivity contribution in [2.45, 2.75) is 6.04 Å². The number of fused-ring (bicyclic) bond motifs is 1. The van der Waals surface area contributed by atoms with Crippen molar-refractivity contribution >= 4 is 22.1 Å². The maximum absolute atomic E-state index is 6.38. The molecule has 2 aromatic heterocycles. The topological polar surface area (TPSA) is 48.1 Å². The minimum Gasteiger partial charge on any atom is -0.496 e. The van der Waals surface area contributed by atoms with E-state index in [0.717, 1.165) is 27.0 Å². The second kappa shape index (κ2) is 4.99. The predicted molar refractivity (Wildman–Crippen MR) is 78.6 cm³/mol. The van der Waals surface area contributed by atoms with Crippen LogP contribution in [0.15, 0.2) is 48.1 Å². The standard InChI is InChI=1S/C15H14N2OS/c1-18-11-7-14(19-9-11)15(16)13-4-2-3-10-8-17-6-5-12(10)13/h2-9,15H,16H2,1H3. The first-order chi connectivity index (χ1) is 9.29. The number of ether oxygens (including phenoxy) is 1. The van der Waals surface area contributed by atoms with Crippen LogP contribution >= 0.6 is 11.3 Å². The lowest BCUT2D eigenvalue weighted by Gasteiger charge is -2.12. The first-order valence-corrected chi connectivity index (χ1v) is 6.88. The van der Waals surface area contributed by atoms with Gasteiger partial charge in [-0.1, -0.05) is 18.2 Å². The number of hydrogen-bond acceptors (Lipinski definition) is 4. The summed E-state index contributed by atoms with van der Waals surface area (Å²) in [6, 6.07) is 10.0. The Bertz CT molecular complexity index is 703. The largest absolute Gasteiger partial charge is 0.496 e. The van der Waals surface area contributed by atoms with E-state index in [1.165, 1.54) is 0 Å². The normalized spacial score (nSPS) is 12.5. The van der Waals surface area contributed by atoms with E-state index in [-0.39, 0.29) is 6.04 Å². The molecular formula is C15H14N2OS. The fourth-order valence-electron chi connectivity index (χ4n) is 2.18. The van der Waals surface area contributed by atoms with E-state index in [1.54, 1.807) is 24.6 Å². The third-order valence-corrected chi connectivity index (χ3v) is 4.18. The smallest absolute Gasteiger partial charge is 0.129 e. The number of hydrogen-bond donors (Lipinski definition) is 1. The zero-order valence-corrected chi connectivity index (χ0v) is 11.4. The first-order valence-electron chi connectivity index (χ1n) is 6.00. The second-order valence-electron chi connectivity index (χ2n) is 4.31. The minimum absolute atomic E-state index is 0.139. The highest BCUT2D eigenvalue weighted by Gasteiger charge is 2.14. The molecule has 4 heteroatoms. The molecule has 1 atom stereocenters. The molecule has 0 aliphatic carbocycles. The third kappa shape index (κ3) is 2.20. The summed E-state index contributed by atoms with van der Waals surface area (Å²) >= 11 is 1.62. The summed E-state index contributed by atoms with van der Waals surface area (Å²) in [5.74, 6) is 0.859. The van der Waals surface area contributed by atoms with Gasteiger partial charge in [-0.2, -0.15) is 0 Å². The van der Waals surface area contributed by atoms with Crippen LogP contribution in [0.3, 0.4) is 0 Å². The lowest BCUT2D eigenvalue weighted by atomic mass is 9.99. The van der Waals surface area contributed by atoms with Gasteiger partial charge in [0.15, 0.2) is 0 Å². The Labute approximate surface area is 115 Å². The predicted octanol–water partition coefficient (Wildman–Crippen LogP) is 3.35. The van der Waals surface area contributed by atoms with Gasteiger partial charge < -0.3 is 10.5 Å². The van der Waals surface area contributed by atoms with Crippen molar-refractivity contribution in [2.24, 2.45) is 5.73 Å². The van der Waals surface area contributed by atoms with Gasteiger partial charge in [0, 0.05) is 28.0 Å². The fraction of sp³-hybridized carbons (Fsp3) is 0.133. The van der Waals surface area contributed by atoms with Gasteiger partial charge in [-0.05, 0) is 23.1 Å². The van der Waals surface area contributed by atoms with E-state index >= 15 is 0 Å². The molecular weight excluding hydrogens is 256 g/mol. The summed E-state index contributed by atoms with van der Waals surface area (Å²) in [5, 5.41) is 4.23. The Morgan fingerprint density at radius 2 is 2.21 bits per heavy atom. The molecule has 1 unspecified atom stereocenters. The van der Waals surface area contributed by atoms with Gasteiger partial charge in [0.1, 0.15) is 5.75 Å². The van der Waals surface area contributed by atoms with E-state index in [4.69, 9.17) is 10.5 Å². The van der Waals surface area contributed by atoms with Crippen molar-refractivity contribution in [1.82, 2.24) is 4.98 Å². The molecule has 0 saturated carbocycles. The van der Waals surface area contributed by atoms with Gasteiger partial charge in [0.25, 0.3) is 0 Å². The number of thiophene rings is 1. The Kier molecular flexibility index (Phi) is 3.19. The van der Waals surface area contributed by atoms with E-state index in [1.807, 2.05) is 35.8 Å². The average molecular weight is 270 g/mol. The second-order valence-corrected chi connectivity index (χ2v) is 5.25. The summed E-state index contributed by atoms with van der Waals surface area (Å²) in [5.41, 5.74) is 7.50. The van der Waals surface area contributed by atoms with Crippen LogP contribution in [-0.4, -0.2) is 12.1 Å². The van der Waals surface area contributed by atoms with Crippen LogP contribution in [0, 0.1) is 0 Å². The molecule has 0 bridgehead atoms. The third-order valence-electron chi connectivity index (χ3n) is 3.19. The quantitative estimate of drug-likeness (QED) is 0.794. The summed E-state index contributed by atoms with van der Waals surface area (Å²) in [6.45, 7) is 0. The highest BCUT2D eigenvalue weighted by Crippen LogP contribution is 2.32. The van der Waals surface area contributed by atoms with Crippen LogP contribution in [-0.2, 0) is 0 Å². The monoisotopic (exact) mass is 270 g/mol. The Hall–Kier alpha value is -1.91. The molecule has 0 aliphatic rings. The molecule has 0 saturated heterocycles. The summed E-state index contributed by atoms with van der Waals surface area (Å²) in [6.07, 6.45) is 3.66. The molecule has 1 aromatic carbocycles. The lowest BCUT2D eigenvalue weighted by Crippen LogP contribution is -2.10. The number of nitrogens with two attached hydrogens (primary N) is 1. The molecule has 0 aliphatic heterocycles. The van der Waals surface area contributed by atoms with Crippen LogP contribution in [0.2, 0.25) is 0 Å². The molecule has 0 spiro atoms. The lowest BCUT2D eigenvalue weighted by molar-refractivity contribution is 0.416. The van der Waals surface area contributed by atoms with Gasteiger partial charge in [-0.3, -0.25) is 4.98 Å². The number of aromatic nitrogens is 1. The Morgan fingerprint density at radius 1 is 1.32 bits per heavy atom. The molecule has 2 N–H and O–H groups in total. The van der Waals surface area contributed by atoms with Crippen LogP contribution < -0.4 is 10.5 Å². The van der Waals surface area contributed by atoms with E-state index < -0.39 is 0 Å². The van der Waals surface area contributed by atoms with Gasteiger partial charge in [0.05, 0.1) is 13.2 Å². The maximum Gasteiger partial charge on any atom is 0.129 e.